The highest BCUT2D eigenvalue weighted by Gasteiger charge is 2.12. The molecule has 0 spiro atoms. The van der Waals surface area contributed by atoms with Crippen LogP contribution < -0.4 is 0 Å². The van der Waals surface area contributed by atoms with E-state index in [1.165, 1.54) is 0 Å². The Balaban J connectivity index is 1.14. The van der Waals surface area contributed by atoms with Crippen LogP contribution in [0.2, 0.25) is 0 Å². The van der Waals surface area contributed by atoms with Crippen molar-refractivity contribution < 1.29 is 9.59 Å². The molecular weight excluding hydrogens is 705 g/mol. The van der Waals surface area contributed by atoms with Crippen LogP contribution in [0.4, 0.5) is 0 Å². The first-order chi connectivity index (χ1) is 28.7. The fraction of sp³-hybridized carbons (Fsp3) is 0. The van der Waals surface area contributed by atoms with E-state index in [1.807, 2.05) is 146 Å². The SMILES string of the molecule is O=Cc1ccc2ccccc2c1C#Cc1ccccc1C#Cc1c2ccccc2c(C#Cc2ccccc2C#Cc2c(C=O)ccc3ccccc23)c2ccccc12. The number of aldehydes is 2. The van der Waals surface area contributed by atoms with Crippen LogP contribution in [-0.2, 0) is 0 Å². The van der Waals surface area contributed by atoms with Gasteiger partial charge in [-0.1, -0.05) is 181 Å². The van der Waals surface area contributed by atoms with Gasteiger partial charge in [-0.2, -0.15) is 0 Å². The fourth-order valence-corrected chi connectivity index (χ4v) is 7.37. The maximum atomic E-state index is 12.0. The fourth-order valence-electron chi connectivity index (χ4n) is 7.37. The summed E-state index contributed by atoms with van der Waals surface area (Å²) in [5.41, 5.74) is 7.48. The summed E-state index contributed by atoms with van der Waals surface area (Å²) >= 11 is 0. The van der Waals surface area contributed by atoms with Crippen molar-refractivity contribution in [1.29, 1.82) is 0 Å². The lowest BCUT2D eigenvalue weighted by molar-refractivity contribution is 0.111. The van der Waals surface area contributed by atoms with Crippen LogP contribution in [0, 0.1) is 47.4 Å². The molecule has 9 aromatic carbocycles. The van der Waals surface area contributed by atoms with Crippen molar-refractivity contribution >= 4 is 55.7 Å². The van der Waals surface area contributed by atoms with Crippen LogP contribution in [0.5, 0.6) is 0 Å². The molecule has 0 aromatic heterocycles. The molecule has 0 saturated heterocycles. The number of carbonyl (C=O) groups excluding carboxylic acids is 2. The van der Waals surface area contributed by atoms with E-state index in [0.29, 0.717) is 22.3 Å². The maximum Gasteiger partial charge on any atom is 0.151 e. The van der Waals surface area contributed by atoms with E-state index in [-0.39, 0.29) is 0 Å². The second-order valence-corrected chi connectivity index (χ2v) is 13.7. The summed E-state index contributed by atoms with van der Waals surface area (Å²) in [6.45, 7) is 0. The van der Waals surface area contributed by atoms with Gasteiger partial charge in [-0.15, -0.1) is 0 Å². The number of carbonyl (C=O) groups is 2. The van der Waals surface area contributed by atoms with Crippen molar-refractivity contribution in [2.24, 2.45) is 0 Å². The molecule has 9 aromatic rings. The number of benzene rings is 9. The zero-order valence-electron chi connectivity index (χ0n) is 31.1. The highest BCUT2D eigenvalue weighted by atomic mass is 16.1. The van der Waals surface area contributed by atoms with Crippen LogP contribution >= 0.6 is 0 Å². The first kappa shape index (κ1) is 35.3. The van der Waals surface area contributed by atoms with E-state index in [0.717, 1.165) is 89.0 Å². The molecule has 0 saturated carbocycles. The van der Waals surface area contributed by atoms with Crippen LogP contribution in [0.25, 0.3) is 43.1 Å². The Morgan fingerprint density at radius 2 is 0.534 bits per heavy atom. The molecule has 0 fully saturated rings. The molecule has 0 amide bonds. The van der Waals surface area contributed by atoms with Gasteiger partial charge in [0.25, 0.3) is 0 Å². The molecule has 2 heteroatoms. The van der Waals surface area contributed by atoms with Gasteiger partial charge in [-0.3, -0.25) is 9.59 Å². The number of hydrogen-bond donors (Lipinski definition) is 0. The molecule has 0 N–H and O–H groups in total. The molecule has 0 aliphatic rings. The zero-order chi connectivity index (χ0) is 39.3. The van der Waals surface area contributed by atoms with E-state index in [1.54, 1.807) is 0 Å². The van der Waals surface area contributed by atoms with Gasteiger partial charge in [0.2, 0.25) is 0 Å². The van der Waals surface area contributed by atoms with Crippen LogP contribution in [-0.4, -0.2) is 12.6 Å². The van der Waals surface area contributed by atoms with E-state index >= 15 is 0 Å². The molecule has 0 atom stereocenters. The lowest BCUT2D eigenvalue weighted by Crippen LogP contribution is -1.92. The molecule has 0 radical (unpaired) electrons. The average molecular weight is 735 g/mol. The van der Waals surface area contributed by atoms with Gasteiger partial charge >= 0.3 is 0 Å². The van der Waals surface area contributed by atoms with Crippen molar-refractivity contribution in [1.82, 2.24) is 0 Å². The topological polar surface area (TPSA) is 34.1 Å². The minimum atomic E-state index is 0.557. The Kier molecular flexibility index (Phi) is 9.59. The second-order valence-electron chi connectivity index (χ2n) is 13.7. The Morgan fingerprint density at radius 1 is 0.259 bits per heavy atom. The molecule has 0 unspecified atom stereocenters. The third kappa shape index (κ3) is 6.77. The summed E-state index contributed by atoms with van der Waals surface area (Å²) in [6.07, 6.45) is 1.72. The third-order valence-corrected chi connectivity index (χ3v) is 10.3. The number of fused-ring (bicyclic) bond motifs is 4. The van der Waals surface area contributed by atoms with Gasteiger partial charge in [0, 0.05) is 55.6 Å². The smallest absolute Gasteiger partial charge is 0.151 e. The molecule has 0 bridgehead atoms. The van der Waals surface area contributed by atoms with Gasteiger partial charge < -0.3 is 0 Å². The highest BCUT2D eigenvalue weighted by Crippen LogP contribution is 2.32. The van der Waals surface area contributed by atoms with E-state index in [2.05, 4.69) is 71.6 Å². The van der Waals surface area contributed by atoms with E-state index < -0.39 is 0 Å². The largest absolute Gasteiger partial charge is 0.298 e. The summed E-state index contributed by atoms with van der Waals surface area (Å²) < 4.78 is 0. The Hall–Kier alpha value is -8.40. The standard InChI is InChI=1S/C56H30O2/c57-37-45-27-25-43-17-5-7-19-47(43)49(45)33-29-39-13-1-3-15-41(39)31-35-55-51-21-9-11-23-53(51)56(54-24-12-10-22-52(54)55)36-32-42-16-4-2-14-40(42)30-34-50-46(38-58)28-26-44-18-6-8-20-48(44)50/h1-28,37-38H. The monoisotopic (exact) mass is 734 g/mol. The molecule has 58 heavy (non-hydrogen) atoms. The Morgan fingerprint density at radius 3 is 0.862 bits per heavy atom. The number of rotatable bonds is 2. The highest BCUT2D eigenvalue weighted by molar-refractivity contribution is 6.10. The van der Waals surface area contributed by atoms with Crippen molar-refractivity contribution in [3.63, 3.8) is 0 Å². The summed E-state index contributed by atoms with van der Waals surface area (Å²) in [7, 11) is 0. The minimum absolute atomic E-state index is 0.557. The zero-order valence-corrected chi connectivity index (χ0v) is 31.1. The molecule has 0 aliphatic carbocycles. The Bertz CT molecular complexity index is 3130. The predicted molar refractivity (Wildman–Crippen MR) is 237 cm³/mol. The van der Waals surface area contributed by atoms with Crippen molar-refractivity contribution in [3.8, 4) is 47.4 Å². The van der Waals surface area contributed by atoms with Crippen LogP contribution in [0.15, 0.2) is 170 Å². The molecular formula is C56H30O2. The third-order valence-electron chi connectivity index (χ3n) is 10.3. The molecule has 266 valence electrons. The lowest BCUT2D eigenvalue weighted by atomic mass is 9.91. The van der Waals surface area contributed by atoms with Crippen molar-refractivity contribution in [2.75, 3.05) is 0 Å². The predicted octanol–water partition coefficient (Wildman–Crippen LogP) is 11.5. The van der Waals surface area contributed by atoms with Gasteiger partial charge in [-0.05, 0) is 79.5 Å². The van der Waals surface area contributed by atoms with Gasteiger partial charge in [0.15, 0.2) is 12.6 Å². The quantitative estimate of drug-likeness (QED) is 0.101. The lowest BCUT2D eigenvalue weighted by Gasteiger charge is -2.10. The summed E-state index contributed by atoms with van der Waals surface area (Å²) in [4.78, 5) is 24.0. The average Bonchev–Trinajstić information content (AvgIpc) is 3.28. The van der Waals surface area contributed by atoms with Gasteiger partial charge in [0.1, 0.15) is 0 Å². The first-order valence-electron chi connectivity index (χ1n) is 18.8. The maximum absolute atomic E-state index is 12.0. The van der Waals surface area contributed by atoms with Crippen molar-refractivity contribution in [3.05, 3.63) is 225 Å². The van der Waals surface area contributed by atoms with Gasteiger partial charge in [0.05, 0.1) is 0 Å². The molecule has 0 heterocycles. The van der Waals surface area contributed by atoms with Crippen molar-refractivity contribution in [2.45, 2.75) is 0 Å². The summed E-state index contributed by atoms with van der Waals surface area (Å²) in [5, 5.41) is 7.93. The van der Waals surface area contributed by atoms with Crippen LogP contribution in [0.1, 0.15) is 65.2 Å². The van der Waals surface area contributed by atoms with Gasteiger partial charge in [-0.25, -0.2) is 0 Å². The number of hydrogen-bond acceptors (Lipinski definition) is 2. The van der Waals surface area contributed by atoms with E-state index in [9.17, 15) is 9.59 Å². The molecule has 9 rings (SSSR count). The minimum Gasteiger partial charge on any atom is -0.298 e. The second kappa shape index (κ2) is 15.8. The Labute approximate surface area is 336 Å². The normalized spacial score (nSPS) is 10.3. The first-order valence-corrected chi connectivity index (χ1v) is 18.8. The van der Waals surface area contributed by atoms with E-state index in [4.69, 9.17) is 0 Å². The molecule has 0 aliphatic heterocycles. The van der Waals surface area contributed by atoms with Crippen LogP contribution in [0.3, 0.4) is 0 Å². The summed E-state index contributed by atoms with van der Waals surface area (Å²) in [6, 6.07) is 55.6. The molecule has 2 nitrogen and oxygen atoms in total. The summed E-state index contributed by atoms with van der Waals surface area (Å²) in [5.74, 6) is 27.2.